The fourth-order valence-electron chi connectivity index (χ4n) is 1.27. The normalized spacial score (nSPS) is 10.6. The van der Waals surface area contributed by atoms with Crippen LogP contribution in [0, 0.1) is 12.3 Å². The highest BCUT2D eigenvalue weighted by atomic mass is 32.2. The van der Waals surface area contributed by atoms with Gasteiger partial charge >= 0.3 is 0 Å². The molecule has 0 amide bonds. The Bertz CT molecular complexity index is 529. The van der Waals surface area contributed by atoms with E-state index in [-0.39, 0.29) is 0 Å². The van der Waals surface area contributed by atoms with Crippen molar-refractivity contribution in [2.75, 3.05) is 30.0 Å². The molecule has 0 spiro atoms. The molecular weight excluding hydrogens is 224 g/mol. The predicted octanol–water partition coefficient (Wildman–Crippen LogP) is 1.11. The van der Waals surface area contributed by atoms with Crippen LogP contribution in [0.25, 0.3) is 0 Å². The molecule has 1 N–H and O–H groups in total. The van der Waals surface area contributed by atoms with Crippen molar-refractivity contribution in [3.63, 3.8) is 0 Å². The van der Waals surface area contributed by atoms with Gasteiger partial charge in [0.2, 0.25) is 10.0 Å². The summed E-state index contributed by atoms with van der Waals surface area (Å²) in [5.74, 6) is 2.48. The van der Waals surface area contributed by atoms with E-state index in [1.54, 1.807) is 25.2 Å². The second-order valence-corrected chi connectivity index (χ2v) is 5.37. The number of nitrogens with zero attached hydrogens (tertiary/aromatic N) is 1. The average Bonchev–Trinajstić information content (AvgIpc) is 2.25. The Morgan fingerprint density at radius 1 is 1.44 bits per heavy atom. The SMILES string of the molecule is C#Cc1ccc(NC)c(N(C)S(C)(=O)=O)c1. The first-order valence-electron chi connectivity index (χ1n) is 4.62. The fraction of sp³-hybridized carbons (Fsp3) is 0.273. The van der Waals surface area contributed by atoms with Crippen molar-refractivity contribution in [2.45, 2.75) is 0 Å². The Morgan fingerprint density at radius 2 is 2.06 bits per heavy atom. The maximum absolute atomic E-state index is 11.4. The van der Waals surface area contributed by atoms with Crippen LogP contribution in [0.4, 0.5) is 11.4 Å². The van der Waals surface area contributed by atoms with E-state index in [9.17, 15) is 8.42 Å². The molecule has 0 aliphatic rings. The molecule has 4 nitrogen and oxygen atoms in total. The number of hydrogen-bond acceptors (Lipinski definition) is 3. The summed E-state index contributed by atoms with van der Waals surface area (Å²) in [7, 11) is -0.0702. The van der Waals surface area contributed by atoms with Gasteiger partial charge in [-0.2, -0.15) is 0 Å². The fourth-order valence-corrected chi connectivity index (χ4v) is 1.78. The standard InChI is InChI=1S/C11H14N2O2S/c1-5-9-6-7-10(12-2)11(8-9)13(3)16(4,14)15/h1,6-8,12H,2-4H3. The third-order valence-corrected chi connectivity index (χ3v) is 3.46. The lowest BCUT2D eigenvalue weighted by molar-refractivity contribution is 0.600. The lowest BCUT2D eigenvalue weighted by Gasteiger charge is -2.20. The summed E-state index contributed by atoms with van der Waals surface area (Å²) in [6.45, 7) is 0. The summed E-state index contributed by atoms with van der Waals surface area (Å²) in [6.07, 6.45) is 6.43. The van der Waals surface area contributed by atoms with Crippen LogP contribution in [0.5, 0.6) is 0 Å². The van der Waals surface area contributed by atoms with Crippen LogP contribution in [0.1, 0.15) is 5.56 Å². The molecule has 0 radical (unpaired) electrons. The highest BCUT2D eigenvalue weighted by Gasteiger charge is 2.15. The predicted molar refractivity (Wildman–Crippen MR) is 67.2 cm³/mol. The molecular formula is C11H14N2O2S. The minimum Gasteiger partial charge on any atom is -0.386 e. The van der Waals surface area contributed by atoms with Crippen LogP contribution in [0.15, 0.2) is 18.2 Å². The van der Waals surface area contributed by atoms with Crippen LogP contribution in [0.3, 0.4) is 0 Å². The maximum atomic E-state index is 11.4. The van der Waals surface area contributed by atoms with Crippen molar-refractivity contribution in [1.29, 1.82) is 0 Å². The molecule has 0 unspecified atom stereocenters. The first-order chi connectivity index (χ1) is 7.40. The number of benzene rings is 1. The minimum absolute atomic E-state index is 0.542. The molecule has 5 heteroatoms. The van der Waals surface area contributed by atoms with Gasteiger partial charge in [-0.3, -0.25) is 4.31 Å². The quantitative estimate of drug-likeness (QED) is 0.802. The van der Waals surface area contributed by atoms with E-state index in [0.717, 1.165) is 6.26 Å². The Hall–Kier alpha value is -1.67. The van der Waals surface area contributed by atoms with Gasteiger partial charge in [0.25, 0.3) is 0 Å². The van der Waals surface area contributed by atoms with Crippen LogP contribution >= 0.6 is 0 Å². The second-order valence-electron chi connectivity index (χ2n) is 3.36. The number of anilines is 2. The van der Waals surface area contributed by atoms with Crippen molar-refractivity contribution in [1.82, 2.24) is 0 Å². The third-order valence-electron chi connectivity index (χ3n) is 2.27. The van der Waals surface area contributed by atoms with Gasteiger partial charge in [-0.15, -0.1) is 6.42 Å². The summed E-state index contributed by atoms with van der Waals surface area (Å²) in [5, 5.41) is 2.93. The zero-order valence-electron chi connectivity index (χ0n) is 9.48. The number of sulfonamides is 1. The molecule has 0 heterocycles. The van der Waals surface area contributed by atoms with Crippen LogP contribution in [0.2, 0.25) is 0 Å². The van der Waals surface area contributed by atoms with Gasteiger partial charge in [0, 0.05) is 19.7 Å². The average molecular weight is 238 g/mol. The molecule has 0 saturated heterocycles. The Kier molecular flexibility index (Phi) is 3.45. The van der Waals surface area contributed by atoms with E-state index in [1.165, 1.54) is 11.4 Å². The van der Waals surface area contributed by atoms with E-state index in [1.807, 2.05) is 0 Å². The van der Waals surface area contributed by atoms with Crippen molar-refractivity contribution in [3.8, 4) is 12.3 Å². The summed E-state index contributed by atoms with van der Waals surface area (Å²) in [5.41, 5.74) is 1.90. The molecule has 0 aliphatic heterocycles. The van der Waals surface area contributed by atoms with Crippen molar-refractivity contribution in [2.24, 2.45) is 0 Å². The van der Waals surface area contributed by atoms with Gasteiger partial charge in [0.15, 0.2) is 0 Å². The summed E-state index contributed by atoms with van der Waals surface area (Å²) < 4.78 is 24.1. The Labute approximate surface area is 96.3 Å². The zero-order chi connectivity index (χ0) is 12.3. The highest BCUT2D eigenvalue weighted by molar-refractivity contribution is 7.92. The first-order valence-corrected chi connectivity index (χ1v) is 6.47. The van der Waals surface area contributed by atoms with Crippen LogP contribution in [-0.2, 0) is 10.0 Å². The first kappa shape index (κ1) is 12.4. The monoisotopic (exact) mass is 238 g/mol. The van der Waals surface area contributed by atoms with Gasteiger partial charge in [-0.1, -0.05) is 5.92 Å². The summed E-state index contributed by atoms with van der Waals surface area (Å²) in [6, 6.07) is 5.17. The molecule has 0 aromatic heterocycles. The Morgan fingerprint density at radius 3 is 2.50 bits per heavy atom. The molecule has 0 saturated carbocycles. The van der Waals surface area contributed by atoms with E-state index >= 15 is 0 Å². The maximum Gasteiger partial charge on any atom is 0.232 e. The summed E-state index contributed by atoms with van der Waals surface area (Å²) >= 11 is 0. The molecule has 0 bridgehead atoms. The number of rotatable bonds is 3. The molecule has 0 fully saturated rings. The van der Waals surface area contributed by atoms with Crippen LogP contribution in [-0.4, -0.2) is 28.8 Å². The van der Waals surface area contributed by atoms with E-state index in [4.69, 9.17) is 6.42 Å². The van der Waals surface area contributed by atoms with Crippen LogP contribution < -0.4 is 9.62 Å². The minimum atomic E-state index is -3.29. The van der Waals surface area contributed by atoms with Gasteiger partial charge in [0.05, 0.1) is 17.6 Å². The van der Waals surface area contributed by atoms with E-state index in [0.29, 0.717) is 16.9 Å². The third kappa shape index (κ3) is 2.47. The Balaban J connectivity index is 3.36. The van der Waals surface area contributed by atoms with Crippen molar-refractivity contribution < 1.29 is 8.42 Å². The molecule has 1 rings (SSSR count). The lowest BCUT2D eigenvalue weighted by atomic mass is 10.2. The molecule has 16 heavy (non-hydrogen) atoms. The lowest BCUT2D eigenvalue weighted by Crippen LogP contribution is -2.25. The molecule has 0 aliphatic carbocycles. The number of hydrogen-bond donors (Lipinski definition) is 1. The highest BCUT2D eigenvalue weighted by Crippen LogP contribution is 2.27. The number of nitrogens with one attached hydrogen (secondary N) is 1. The van der Waals surface area contributed by atoms with Crippen molar-refractivity contribution >= 4 is 21.4 Å². The van der Waals surface area contributed by atoms with Gasteiger partial charge in [0.1, 0.15) is 0 Å². The molecule has 86 valence electrons. The van der Waals surface area contributed by atoms with E-state index < -0.39 is 10.0 Å². The smallest absolute Gasteiger partial charge is 0.232 e. The number of terminal acetylenes is 1. The van der Waals surface area contributed by atoms with Crippen molar-refractivity contribution in [3.05, 3.63) is 23.8 Å². The molecule has 1 aromatic carbocycles. The van der Waals surface area contributed by atoms with E-state index in [2.05, 4.69) is 11.2 Å². The molecule has 1 aromatic rings. The zero-order valence-corrected chi connectivity index (χ0v) is 10.3. The second kappa shape index (κ2) is 4.45. The summed E-state index contributed by atoms with van der Waals surface area (Å²) in [4.78, 5) is 0. The van der Waals surface area contributed by atoms with Gasteiger partial charge in [-0.25, -0.2) is 8.42 Å². The van der Waals surface area contributed by atoms with Gasteiger partial charge in [-0.05, 0) is 18.2 Å². The molecule has 0 atom stereocenters. The largest absolute Gasteiger partial charge is 0.386 e. The van der Waals surface area contributed by atoms with Gasteiger partial charge < -0.3 is 5.32 Å². The topological polar surface area (TPSA) is 49.4 Å².